The molecule has 4 rings (SSSR count). The Kier molecular flexibility index (Phi) is 10.1. The number of nitrogens with one attached hydrogen (secondary N) is 1. The lowest BCUT2D eigenvalue weighted by molar-refractivity contribution is -0.192. The fourth-order valence-corrected chi connectivity index (χ4v) is 5.23. The number of para-hydroxylation sites is 1. The van der Waals surface area contributed by atoms with Crippen LogP contribution in [0.2, 0.25) is 0 Å². The van der Waals surface area contributed by atoms with E-state index in [2.05, 4.69) is 34.1 Å². The van der Waals surface area contributed by atoms with Crippen LogP contribution in [0.15, 0.2) is 47.3 Å². The number of aromatic nitrogens is 2. The molecule has 0 atom stereocenters. The molecular formula is C27H30F3N3O4S. The number of thioether (sulfide) groups is 1. The maximum Gasteiger partial charge on any atom is 0.490 e. The van der Waals surface area contributed by atoms with Gasteiger partial charge >= 0.3 is 12.1 Å². The van der Waals surface area contributed by atoms with E-state index in [-0.39, 0.29) is 11.3 Å². The van der Waals surface area contributed by atoms with E-state index in [1.807, 2.05) is 36.9 Å². The molecule has 7 nitrogen and oxygen atoms in total. The molecule has 1 aliphatic rings. The lowest BCUT2D eigenvalue weighted by Crippen LogP contribution is -2.34. The molecule has 0 unspecified atom stereocenters. The van der Waals surface area contributed by atoms with Crippen LogP contribution in [0.3, 0.4) is 0 Å². The lowest BCUT2D eigenvalue weighted by atomic mass is 10.1. The Balaban J connectivity index is 0.000000505. The molecule has 3 aromatic rings. The predicted octanol–water partition coefficient (Wildman–Crippen LogP) is 4.89. The average Bonchev–Trinajstić information content (AvgIpc) is 2.85. The summed E-state index contributed by atoms with van der Waals surface area (Å²) in [6.07, 6.45) is -2.28. The van der Waals surface area contributed by atoms with E-state index < -0.39 is 12.1 Å². The molecule has 0 bridgehead atoms. The number of carbonyl (C=O) groups excluding carboxylic acids is 1. The monoisotopic (exact) mass is 549 g/mol. The smallest absolute Gasteiger partial charge is 0.475 e. The zero-order valence-electron chi connectivity index (χ0n) is 21.2. The Morgan fingerprint density at radius 3 is 2.29 bits per heavy atom. The molecular weight excluding hydrogens is 519 g/mol. The Morgan fingerprint density at radius 2 is 1.71 bits per heavy atom. The maximum absolute atomic E-state index is 12.4. The average molecular weight is 550 g/mol. The van der Waals surface area contributed by atoms with Crippen molar-refractivity contribution in [2.45, 2.75) is 56.8 Å². The predicted molar refractivity (Wildman–Crippen MR) is 141 cm³/mol. The van der Waals surface area contributed by atoms with Gasteiger partial charge in [-0.25, -0.2) is 9.78 Å². The van der Waals surface area contributed by atoms with Crippen molar-refractivity contribution >= 4 is 34.4 Å². The molecule has 0 aliphatic carbocycles. The van der Waals surface area contributed by atoms with Crippen LogP contribution in [0.5, 0.6) is 0 Å². The minimum atomic E-state index is -5.08. The van der Waals surface area contributed by atoms with Gasteiger partial charge in [0.1, 0.15) is 11.6 Å². The number of benzene rings is 2. The molecule has 38 heavy (non-hydrogen) atoms. The lowest BCUT2D eigenvalue weighted by Gasteiger charge is -2.31. The van der Waals surface area contributed by atoms with Crippen LogP contribution in [0.25, 0.3) is 10.9 Å². The zero-order valence-corrected chi connectivity index (χ0v) is 22.0. The highest BCUT2D eigenvalue weighted by molar-refractivity contribution is 7.99. The number of fused-ring (bicyclic) bond motifs is 1. The van der Waals surface area contributed by atoms with Crippen LogP contribution in [-0.2, 0) is 28.3 Å². The van der Waals surface area contributed by atoms with Crippen molar-refractivity contribution in [3.63, 3.8) is 0 Å². The Morgan fingerprint density at radius 1 is 1.11 bits per heavy atom. The van der Waals surface area contributed by atoms with Crippen molar-refractivity contribution in [3.8, 4) is 0 Å². The number of aryl methyl sites for hydroxylation is 1. The van der Waals surface area contributed by atoms with E-state index in [4.69, 9.17) is 14.9 Å². The summed E-state index contributed by atoms with van der Waals surface area (Å²) in [6.45, 7) is 6.74. The van der Waals surface area contributed by atoms with Crippen molar-refractivity contribution in [3.05, 3.63) is 75.3 Å². The maximum atomic E-state index is 12.4. The topological polar surface area (TPSA) is 103 Å². The summed E-state index contributed by atoms with van der Waals surface area (Å²) in [4.78, 5) is 42.7. The molecule has 0 saturated carbocycles. The van der Waals surface area contributed by atoms with E-state index in [1.165, 1.54) is 5.56 Å². The first kappa shape index (κ1) is 29.4. The van der Waals surface area contributed by atoms with Gasteiger partial charge in [-0.2, -0.15) is 24.9 Å². The third-order valence-electron chi connectivity index (χ3n) is 6.10. The number of halogens is 3. The highest BCUT2D eigenvalue weighted by Gasteiger charge is 2.38. The fraction of sp³-hybridized carbons (Fsp3) is 0.407. The van der Waals surface area contributed by atoms with Crippen LogP contribution in [0, 0.1) is 6.92 Å². The van der Waals surface area contributed by atoms with Crippen LogP contribution >= 0.6 is 11.8 Å². The number of rotatable bonds is 7. The molecule has 1 fully saturated rings. The number of aliphatic carboxylic acids is 1. The van der Waals surface area contributed by atoms with E-state index in [9.17, 15) is 22.8 Å². The second kappa shape index (κ2) is 13.1. The number of alkyl halides is 3. The molecule has 1 aromatic heterocycles. The van der Waals surface area contributed by atoms with Gasteiger partial charge in [-0.15, -0.1) is 0 Å². The van der Waals surface area contributed by atoms with Crippen molar-refractivity contribution in [2.24, 2.45) is 0 Å². The highest BCUT2D eigenvalue weighted by Crippen LogP contribution is 2.27. The quantitative estimate of drug-likeness (QED) is 0.432. The third kappa shape index (κ3) is 8.70. The van der Waals surface area contributed by atoms with Crippen LogP contribution in [0.1, 0.15) is 42.3 Å². The number of ketones is 1. The van der Waals surface area contributed by atoms with Gasteiger partial charge in [0, 0.05) is 18.2 Å². The van der Waals surface area contributed by atoms with E-state index >= 15 is 0 Å². The number of likely N-dealkylation sites (tertiary alicyclic amines) is 1. The number of carboxylic acids is 1. The summed E-state index contributed by atoms with van der Waals surface area (Å²) < 4.78 is 31.7. The van der Waals surface area contributed by atoms with Gasteiger partial charge in [0.25, 0.3) is 5.56 Å². The summed E-state index contributed by atoms with van der Waals surface area (Å²) in [5.41, 5.74) is 4.19. The molecule has 204 valence electrons. The van der Waals surface area contributed by atoms with Crippen LogP contribution in [-0.4, -0.2) is 56.2 Å². The Bertz CT molecular complexity index is 1320. The summed E-state index contributed by atoms with van der Waals surface area (Å²) in [6, 6.07) is 14.1. The van der Waals surface area contributed by atoms with Gasteiger partial charge < -0.3 is 10.1 Å². The van der Waals surface area contributed by atoms with E-state index in [0.717, 1.165) is 60.7 Å². The first-order chi connectivity index (χ1) is 17.9. The van der Waals surface area contributed by atoms with Gasteiger partial charge in [-0.1, -0.05) is 36.4 Å². The number of Topliss-reactive ketones (excluding diaryl/α,β-unsaturated/α-hetero) is 1. The van der Waals surface area contributed by atoms with Crippen molar-refractivity contribution in [1.29, 1.82) is 0 Å². The molecule has 2 heterocycles. The van der Waals surface area contributed by atoms with Gasteiger partial charge in [0.05, 0.1) is 16.7 Å². The van der Waals surface area contributed by atoms with Crippen LogP contribution < -0.4 is 5.56 Å². The van der Waals surface area contributed by atoms with Gasteiger partial charge in [0.2, 0.25) is 0 Å². The number of H-pyrrole nitrogens is 1. The first-order valence-corrected chi connectivity index (χ1v) is 13.2. The summed E-state index contributed by atoms with van der Waals surface area (Å²) in [7, 11) is 0. The number of hydrogen-bond donors (Lipinski definition) is 2. The molecule has 1 aliphatic heterocycles. The highest BCUT2D eigenvalue weighted by atomic mass is 32.2. The van der Waals surface area contributed by atoms with E-state index in [0.29, 0.717) is 17.1 Å². The molecule has 0 spiro atoms. The number of piperidine rings is 1. The second-order valence-corrected chi connectivity index (χ2v) is 10.6. The number of nitrogens with zero attached hydrogens (tertiary/aromatic N) is 2. The fourth-order valence-electron chi connectivity index (χ4n) is 4.16. The molecule has 0 amide bonds. The Labute approximate surface area is 222 Å². The van der Waals surface area contributed by atoms with Gasteiger partial charge in [0.15, 0.2) is 0 Å². The number of hydrogen-bond acceptors (Lipinski definition) is 6. The van der Waals surface area contributed by atoms with Crippen molar-refractivity contribution < 1.29 is 27.9 Å². The molecule has 2 N–H and O–H groups in total. The molecule has 1 saturated heterocycles. The molecule has 0 radical (unpaired) electrons. The Hall–Kier alpha value is -3.18. The second-order valence-electron chi connectivity index (χ2n) is 9.27. The number of carbonyl (C=O) groups is 2. The summed E-state index contributed by atoms with van der Waals surface area (Å²) in [5.74, 6) is -1.05. The minimum Gasteiger partial charge on any atom is -0.475 e. The summed E-state index contributed by atoms with van der Waals surface area (Å²) in [5, 5.41) is 8.38. The van der Waals surface area contributed by atoms with Gasteiger partial charge in [-0.3, -0.25) is 14.5 Å². The van der Waals surface area contributed by atoms with Gasteiger partial charge in [-0.05, 0) is 62.5 Å². The number of carboxylic acid groups (broad SMARTS) is 1. The first-order valence-electron chi connectivity index (χ1n) is 12.1. The minimum absolute atomic E-state index is 0.0477. The molecule has 2 aromatic carbocycles. The zero-order chi connectivity index (χ0) is 27.9. The SMILES string of the molecule is CC(=O)Cc1ccc(CN2CCC(SCc3nc4c(C)cccc4c(=O)[nH]3)CC2)cc1.O=C(O)C(F)(F)F. The standard InChI is InChI=1S/C25H29N3O2S.C2HF3O2/c1-17-4-3-5-22-24(17)26-23(27-25(22)30)16-31-21-10-12-28(13-11-21)15-20-8-6-19(7-9-20)14-18(2)29;3-2(4,5)1(6)7/h3-9,21H,10-16H2,1-2H3,(H,26,27,30);(H,6,7). The van der Waals surface area contributed by atoms with E-state index in [1.54, 1.807) is 6.92 Å². The van der Waals surface area contributed by atoms with Crippen LogP contribution in [0.4, 0.5) is 13.2 Å². The van der Waals surface area contributed by atoms with Crippen molar-refractivity contribution in [1.82, 2.24) is 14.9 Å². The molecule has 11 heteroatoms. The normalized spacial score (nSPS) is 14.7. The van der Waals surface area contributed by atoms with Crippen molar-refractivity contribution in [2.75, 3.05) is 13.1 Å². The third-order valence-corrected chi connectivity index (χ3v) is 7.48. The number of aromatic amines is 1. The largest absolute Gasteiger partial charge is 0.490 e. The summed E-state index contributed by atoms with van der Waals surface area (Å²) >= 11 is 1.90.